The van der Waals surface area contributed by atoms with Crippen molar-refractivity contribution in [1.82, 2.24) is 0 Å². The summed E-state index contributed by atoms with van der Waals surface area (Å²) in [7, 11) is -23.7. The molecule has 0 atom stereocenters. The van der Waals surface area contributed by atoms with Gasteiger partial charge in [0.2, 0.25) is 0 Å². The van der Waals surface area contributed by atoms with Gasteiger partial charge in [-0.1, -0.05) is 10.1 Å². The third-order valence-corrected chi connectivity index (χ3v) is 14.0. The maximum Gasteiger partial charge on any atom is 0.397 e. The molecule has 0 aromatic heterocycles. The molecule has 0 saturated carbocycles. The van der Waals surface area contributed by atoms with Gasteiger partial charge in [0.15, 0.2) is 32.0 Å². The summed E-state index contributed by atoms with van der Waals surface area (Å²) in [6.07, 6.45) is 0. The molecule has 0 spiro atoms. The van der Waals surface area contributed by atoms with Gasteiger partial charge in [-0.2, -0.15) is 30.4 Å². The SMILES string of the molecule is Nc1c(N=Nc2ccc(S(=O)(=O)CCOSOOO)cc2)cc(N=Nc2cc(SOOO)ccc2S(=O)(=O)O)c(N)c1N=Nc1ccc(S(=O)(=O)CCOS(=O)(=O)O)cc1S(=O)(=O)O. The Morgan fingerprint density at radius 1 is 0.547 bits per heavy atom. The monoisotopic (exact) mass is 1040 g/mol. The number of anilines is 2. The molecule has 4 aromatic rings. The number of hydrogen-bond acceptors (Lipinski definition) is 28. The average Bonchev–Trinajstić information content (AvgIpc) is 3.21. The molecule has 0 aliphatic rings. The fraction of sp³-hybridized carbons (Fsp3) is 0.143. The van der Waals surface area contributed by atoms with Crippen LogP contribution in [-0.4, -0.2) is 91.0 Å². The van der Waals surface area contributed by atoms with Crippen LogP contribution in [0.25, 0.3) is 0 Å². The van der Waals surface area contributed by atoms with Gasteiger partial charge in [0, 0.05) is 4.90 Å². The Morgan fingerprint density at radius 2 is 1.09 bits per heavy atom. The van der Waals surface area contributed by atoms with E-state index >= 15 is 0 Å². The number of sulfone groups is 2. The van der Waals surface area contributed by atoms with Crippen LogP contribution in [0.5, 0.6) is 0 Å². The predicted octanol–water partition coefficient (Wildman–Crippen LogP) is 5.39. The first-order valence-corrected chi connectivity index (χ1v) is 25.1. The van der Waals surface area contributed by atoms with E-state index in [2.05, 4.69) is 53.6 Å². The Morgan fingerprint density at radius 3 is 1.69 bits per heavy atom. The van der Waals surface area contributed by atoms with Gasteiger partial charge < -0.3 is 11.5 Å². The molecule has 348 valence electrons. The lowest BCUT2D eigenvalue weighted by atomic mass is 10.2. The van der Waals surface area contributed by atoms with Crippen LogP contribution in [0.2, 0.25) is 0 Å². The number of nitrogen functional groups attached to an aromatic ring is 2. The van der Waals surface area contributed by atoms with Crippen LogP contribution >= 0.6 is 24.4 Å². The van der Waals surface area contributed by atoms with E-state index in [1.165, 1.54) is 24.3 Å². The van der Waals surface area contributed by atoms with Crippen LogP contribution < -0.4 is 11.5 Å². The normalized spacial score (nSPS) is 13.1. The Hall–Kier alpha value is -4.71. The zero-order valence-corrected chi connectivity index (χ0v) is 36.9. The van der Waals surface area contributed by atoms with Crippen LogP contribution in [0.15, 0.2) is 122 Å². The fourth-order valence-electron chi connectivity index (χ4n) is 4.56. The summed E-state index contributed by atoms with van der Waals surface area (Å²) in [5.41, 5.74) is 9.08. The first-order valence-electron chi connectivity index (χ1n) is 16.1. The van der Waals surface area contributed by atoms with Crippen molar-refractivity contribution in [2.24, 2.45) is 30.7 Å². The Balaban J connectivity index is 1.83. The van der Waals surface area contributed by atoms with E-state index in [0.29, 0.717) is 18.1 Å². The molecular weight excluding hydrogens is 1010 g/mol. The largest absolute Gasteiger partial charge is 0.397 e. The second-order valence-corrected chi connectivity index (χ2v) is 20.9. The Kier molecular flexibility index (Phi) is 17.8. The van der Waals surface area contributed by atoms with Crippen molar-refractivity contribution in [3.8, 4) is 0 Å². The molecule has 0 amide bonds. The molecule has 0 aliphatic heterocycles. The van der Waals surface area contributed by atoms with Crippen LogP contribution in [-0.2, 0) is 77.4 Å². The van der Waals surface area contributed by atoms with E-state index in [9.17, 15) is 51.2 Å². The van der Waals surface area contributed by atoms with Gasteiger partial charge in [-0.25, -0.2) is 31.5 Å². The molecule has 36 heteroatoms. The van der Waals surface area contributed by atoms with Gasteiger partial charge in [0.1, 0.15) is 38.2 Å². The highest BCUT2D eigenvalue weighted by molar-refractivity contribution is 7.94. The molecular formula is C28H28N8O21S7. The maximum atomic E-state index is 12.8. The third-order valence-electron chi connectivity index (χ3n) is 7.39. The quantitative estimate of drug-likeness (QED) is 0.00931. The number of nitrogens with two attached hydrogens (primary N) is 2. The predicted molar refractivity (Wildman–Crippen MR) is 217 cm³/mol. The van der Waals surface area contributed by atoms with Crippen LogP contribution in [0.3, 0.4) is 0 Å². The molecule has 4 rings (SSSR count). The number of nitrogens with zero attached hydrogens (tertiary/aromatic N) is 6. The van der Waals surface area contributed by atoms with Gasteiger partial charge in [0.05, 0.1) is 63.6 Å². The summed E-state index contributed by atoms with van der Waals surface area (Å²) in [4.78, 5) is -2.81. The molecule has 4 aromatic carbocycles. The van der Waals surface area contributed by atoms with Gasteiger partial charge >= 0.3 is 10.4 Å². The van der Waals surface area contributed by atoms with Gasteiger partial charge in [-0.05, 0) is 66.7 Å². The molecule has 0 heterocycles. The molecule has 29 nitrogen and oxygen atoms in total. The summed E-state index contributed by atoms with van der Waals surface area (Å²) < 4.78 is 167. The van der Waals surface area contributed by atoms with E-state index in [-0.39, 0.29) is 40.1 Å². The number of rotatable bonds is 23. The first kappa shape index (κ1) is 51.9. The summed E-state index contributed by atoms with van der Waals surface area (Å²) in [5, 5.41) is 46.8. The minimum Gasteiger partial charge on any atom is -0.395 e. The zero-order valence-electron chi connectivity index (χ0n) is 31.1. The Labute approximate surface area is 369 Å². The molecule has 64 heavy (non-hydrogen) atoms. The lowest BCUT2D eigenvalue weighted by Crippen LogP contribution is -2.16. The van der Waals surface area contributed by atoms with E-state index < -0.39 is 117 Å². The van der Waals surface area contributed by atoms with E-state index in [4.69, 9.17) is 30.7 Å². The lowest BCUT2D eigenvalue weighted by Gasteiger charge is -2.10. The first-order chi connectivity index (χ1) is 29.9. The van der Waals surface area contributed by atoms with Crippen molar-refractivity contribution in [2.75, 3.05) is 36.2 Å². The minimum atomic E-state index is -5.31. The van der Waals surface area contributed by atoms with E-state index in [1.807, 2.05) is 0 Å². The number of benzene rings is 4. The molecule has 0 saturated heterocycles. The van der Waals surface area contributed by atoms with E-state index in [0.717, 1.165) is 36.4 Å². The standard InChI is InChI=1S/C28H28N8O21S7/c29-26-22(34-31-16-1-4-18(5-2-16)60(39,40)11-9-52-59-57-55-38)15-23(35-33-21-13-17(58-56-54-37)3-8-24(21)62(43,44)45)27(30)28(26)36-32-20-7-6-19(14-25(20)63(46,47)48)61(41,42)12-10-53-64(49,50)51/h1-8,13-15,37-38H,9-12,29-30H2,(H,43,44,45)(H,46,47,48)(H,49,50,51). The highest BCUT2D eigenvalue weighted by Crippen LogP contribution is 2.46. The maximum absolute atomic E-state index is 12.8. The van der Waals surface area contributed by atoms with Crippen LogP contribution in [0.1, 0.15) is 0 Å². The summed E-state index contributed by atoms with van der Waals surface area (Å²) in [6.45, 7) is -1.45. The third kappa shape index (κ3) is 14.9. The van der Waals surface area contributed by atoms with Gasteiger partial charge in [0.25, 0.3) is 20.2 Å². The molecule has 0 radical (unpaired) electrons. The summed E-state index contributed by atoms with van der Waals surface area (Å²) in [5.74, 6) is -1.60. The smallest absolute Gasteiger partial charge is 0.395 e. The zero-order chi connectivity index (χ0) is 47.5. The number of hydrogen-bond donors (Lipinski definition) is 7. The molecule has 0 unspecified atom stereocenters. The minimum absolute atomic E-state index is 0.0281. The van der Waals surface area contributed by atoms with E-state index in [1.54, 1.807) is 0 Å². The van der Waals surface area contributed by atoms with Crippen molar-refractivity contribution < 1.29 is 93.4 Å². The lowest BCUT2D eigenvalue weighted by molar-refractivity contribution is -0.434. The van der Waals surface area contributed by atoms with Gasteiger partial charge in [-0.3, -0.25) is 17.8 Å². The highest BCUT2D eigenvalue weighted by Gasteiger charge is 2.24. The molecule has 0 fully saturated rings. The van der Waals surface area contributed by atoms with Crippen molar-refractivity contribution in [2.45, 2.75) is 24.5 Å². The summed E-state index contributed by atoms with van der Waals surface area (Å²) in [6, 6.07) is 10.9. The second-order valence-electron chi connectivity index (χ2n) is 11.5. The topological polar surface area (TPSA) is 453 Å². The molecule has 0 aliphatic carbocycles. The van der Waals surface area contributed by atoms with Crippen LogP contribution in [0, 0.1) is 0 Å². The second kappa shape index (κ2) is 22.0. The van der Waals surface area contributed by atoms with Crippen molar-refractivity contribution >= 4 is 120 Å². The average molecular weight is 1040 g/mol. The summed E-state index contributed by atoms with van der Waals surface area (Å²) >= 11 is 0.555. The van der Waals surface area contributed by atoms with Crippen molar-refractivity contribution in [1.29, 1.82) is 0 Å². The van der Waals surface area contributed by atoms with Gasteiger partial charge in [-0.15, -0.1) is 34.2 Å². The highest BCUT2D eigenvalue weighted by atomic mass is 32.3. The molecule has 0 bridgehead atoms. The fourth-order valence-corrected chi connectivity index (χ4v) is 9.20. The van der Waals surface area contributed by atoms with Crippen LogP contribution in [0.4, 0.5) is 45.5 Å². The Bertz CT molecular complexity index is 3010. The van der Waals surface area contributed by atoms with Crippen molar-refractivity contribution in [3.63, 3.8) is 0 Å². The molecule has 9 N–H and O–H groups in total. The van der Waals surface area contributed by atoms with Crippen molar-refractivity contribution in [3.05, 3.63) is 66.7 Å². The number of azo groups is 3.